The SMILES string of the molecule is CCOCCOCC(O)CNc1ccc(NC(C)=O)cc1. The number of ether oxygens (including phenoxy) is 2. The molecule has 0 fully saturated rings. The van der Waals surface area contributed by atoms with Crippen molar-refractivity contribution in [2.75, 3.05) is 43.6 Å². The fraction of sp³-hybridized carbons (Fsp3) is 0.533. The van der Waals surface area contributed by atoms with Crippen LogP contribution < -0.4 is 10.6 Å². The molecule has 0 aromatic heterocycles. The summed E-state index contributed by atoms with van der Waals surface area (Å²) < 4.78 is 10.4. The third kappa shape index (κ3) is 8.29. The van der Waals surface area contributed by atoms with Crippen LogP contribution in [0, 0.1) is 0 Å². The van der Waals surface area contributed by atoms with E-state index in [1.165, 1.54) is 6.92 Å². The van der Waals surface area contributed by atoms with Gasteiger partial charge in [-0.1, -0.05) is 0 Å². The van der Waals surface area contributed by atoms with Crippen LogP contribution in [0.2, 0.25) is 0 Å². The Morgan fingerprint density at radius 1 is 1.19 bits per heavy atom. The summed E-state index contributed by atoms with van der Waals surface area (Å²) >= 11 is 0. The van der Waals surface area contributed by atoms with Crippen LogP contribution in [0.3, 0.4) is 0 Å². The zero-order valence-corrected chi connectivity index (χ0v) is 12.6. The number of amides is 1. The van der Waals surface area contributed by atoms with Crippen molar-refractivity contribution < 1.29 is 19.4 Å². The molecule has 0 spiro atoms. The minimum Gasteiger partial charge on any atom is -0.389 e. The Kier molecular flexibility index (Phi) is 8.42. The van der Waals surface area contributed by atoms with E-state index >= 15 is 0 Å². The molecule has 0 aliphatic rings. The van der Waals surface area contributed by atoms with Crippen molar-refractivity contribution in [3.63, 3.8) is 0 Å². The Balaban J connectivity index is 2.20. The lowest BCUT2D eigenvalue weighted by molar-refractivity contribution is -0.114. The van der Waals surface area contributed by atoms with E-state index in [4.69, 9.17) is 9.47 Å². The van der Waals surface area contributed by atoms with Gasteiger partial charge in [0.25, 0.3) is 0 Å². The van der Waals surface area contributed by atoms with Gasteiger partial charge >= 0.3 is 0 Å². The van der Waals surface area contributed by atoms with Crippen molar-refractivity contribution >= 4 is 17.3 Å². The highest BCUT2D eigenvalue weighted by atomic mass is 16.5. The second kappa shape index (κ2) is 10.1. The smallest absolute Gasteiger partial charge is 0.221 e. The number of carbonyl (C=O) groups excluding carboxylic acids is 1. The van der Waals surface area contributed by atoms with Gasteiger partial charge in [-0.3, -0.25) is 4.79 Å². The van der Waals surface area contributed by atoms with Crippen molar-refractivity contribution in [1.29, 1.82) is 0 Å². The minimum absolute atomic E-state index is 0.102. The van der Waals surface area contributed by atoms with Crippen LogP contribution in [-0.4, -0.2) is 50.1 Å². The molecule has 3 N–H and O–H groups in total. The molecule has 0 aliphatic carbocycles. The number of aliphatic hydroxyl groups is 1. The monoisotopic (exact) mass is 296 g/mol. The van der Waals surface area contributed by atoms with E-state index in [9.17, 15) is 9.90 Å². The molecule has 1 atom stereocenters. The highest BCUT2D eigenvalue weighted by Gasteiger charge is 2.04. The zero-order valence-electron chi connectivity index (χ0n) is 12.6. The number of rotatable bonds is 10. The standard InChI is InChI=1S/C15H24N2O4/c1-3-20-8-9-21-11-15(19)10-16-13-4-6-14(7-5-13)17-12(2)18/h4-7,15-16,19H,3,8-11H2,1-2H3,(H,17,18). The quantitative estimate of drug-likeness (QED) is 0.570. The molecule has 6 heteroatoms. The number of carbonyl (C=O) groups is 1. The van der Waals surface area contributed by atoms with E-state index in [0.29, 0.717) is 26.4 Å². The van der Waals surface area contributed by atoms with Crippen LogP contribution in [-0.2, 0) is 14.3 Å². The minimum atomic E-state index is -0.582. The Labute approximate surface area is 125 Å². The number of nitrogens with one attached hydrogen (secondary N) is 2. The van der Waals surface area contributed by atoms with Crippen LogP contribution in [0.4, 0.5) is 11.4 Å². The first-order valence-electron chi connectivity index (χ1n) is 7.07. The summed E-state index contributed by atoms with van der Waals surface area (Å²) in [6, 6.07) is 7.28. The lowest BCUT2D eigenvalue weighted by Crippen LogP contribution is -2.25. The van der Waals surface area contributed by atoms with E-state index in [0.717, 1.165) is 11.4 Å². The molecule has 0 heterocycles. The third-order valence-electron chi connectivity index (χ3n) is 2.63. The summed E-state index contributed by atoms with van der Waals surface area (Å²) in [5, 5.41) is 15.6. The maximum absolute atomic E-state index is 10.9. The second-order valence-corrected chi connectivity index (χ2v) is 4.57. The lowest BCUT2D eigenvalue weighted by atomic mass is 10.2. The first-order valence-corrected chi connectivity index (χ1v) is 7.07. The zero-order chi connectivity index (χ0) is 15.5. The second-order valence-electron chi connectivity index (χ2n) is 4.57. The van der Waals surface area contributed by atoms with Crippen molar-refractivity contribution in [1.82, 2.24) is 0 Å². The number of hydrogen-bond acceptors (Lipinski definition) is 5. The van der Waals surface area contributed by atoms with Gasteiger partial charge in [-0.05, 0) is 31.2 Å². The molecule has 0 saturated heterocycles. The maximum atomic E-state index is 10.9. The first kappa shape index (κ1) is 17.4. The van der Waals surface area contributed by atoms with Crippen LogP contribution in [0.25, 0.3) is 0 Å². The van der Waals surface area contributed by atoms with Crippen molar-refractivity contribution in [3.05, 3.63) is 24.3 Å². The molecule has 1 aromatic rings. The molecule has 0 radical (unpaired) electrons. The Hall–Kier alpha value is -1.63. The van der Waals surface area contributed by atoms with E-state index in [2.05, 4.69) is 10.6 Å². The number of aliphatic hydroxyl groups excluding tert-OH is 1. The summed E-state index contributed by atoms with van der Waals surface area (Å²) in [4.78, 5) is 10.9. The molecule has 1 rings (SSSR count). The predicted octanol–water partition coefficient (Wildman–Crippen LogP) is 1.47. The Morgan fingerprint density at radius 3 is 2.43 bits per heavy atom. The average Bonchev–Trinajstić information content (AvgIpc) is 2.46. The van der Waals surface area contributed by atoms with Gasteiger partial charge in [-0.2, -0.15) is 0 Å². The molecular weight excluding hydrogens is 272 g/mol. The fourth-order valence-corrected chi connectivity index (χ4v) is 1.65. The van der Waals surface area contributed by atoms with Crippen LogP contribution in [0.1, 0.15) is 13.8 Å². The molecule has 118 valence electrons. The highest BCUT2D eigenvalue weighted by Crippen LogP contribution is 2.13. The molecule has 1 amide bonds. The van der Waals surface area contributed by atoms with Gasteiger partial charge < -0.3 is 25.2 Å². The van der Waals surface area contributed by atoms with Crippen molar-refractivity contribution in [2.45, 2.75) is 20.0 Å². The summed E-state index contributed by atoms with van der Waals surface area (Å²) in [6.07, 6.45) is -0.582. The normalized spacial score (nSPS) is 12.0. The summed E-state index contributed by atoms with van der Waals surface area (Å²) in [7, 11) is 0. The topological polar surface area (TPSA) is 79.8 Å². The summed E-state index contributed by atoms with van der Waals surface area (Å²) in [6.45, 7) is 5.75. The molecule has 1 aromatic carbocycles. The van der Waals surface area contributed by atoms with E-state index < -0.39 is 6.10 Å². The molecule has 0 aliphatic heterocycles. The molecule has 0 bridgehead atoms. The van der Waals surface area contributed by atoms with Crippen molar-refractivity contribution in [3.8, 4) is 0 Å². The van der Waals surface area contributed by atoms with E-state index in [1.54, 1.807) is 12.1 Å². The Bertz CT molecular complexity index is 409. The molecule has 1 unspecified atom stereocenters. The molecule has 6 nitrogen and oxygen atoms in total. The van der Waals surface area contributed by atoms with E-state index in [1.807, 2.05) is 19.1 Å². The maximum Gasteiger partial charge on any atom is 0.221 e. The fourth-order valence-electron chi connectivity index (χ4n) is 1.65. The van der Waals surface area contributed by atoms with Gasteiger partial charge in [-0.25, -0.2) is 0 Å². The summed E-state index contributed by atoms with van der Waals surface area (Å²) in [5.74, 6) is -0.102. The number of anilines is 2. The van der Waals surface area contributed by atoms with E-state index in [-0.39, 0.29) is 12.5 Å². The van der Waals surface area contributed by atoms with Crippen LogP contribution >= 0.6 is 0 Å². The molecule has 0 saturated carbocycles. The average molecular weight is 296 g/mol. The van der Waals surface area contributed by atoms with Crippen LogP contribution in [0.5, 0.6) is 0 Å². The van der Waals surface area contributed by atoms with Crippen LogP contribution in [0.15, 0.2) is 24.3 Å². The molecule has 21 heavy (non-hydrogen) atoms. The van der Waals surface area contributed by atoms with Gasteiger partial charge in [-0.15, -0.1) is 0 Å². The lowest BCUT2D eigenvalue weighted by Gasteiger charge is -2.13. The van der Waals surface area contributed by atoms with Gasteiger partial charge in [0.1, 0.15) is 0 Å². The third-order valence-corrected chi connectivity index (χ3v) is 2.63. The van der Waals surface area contributed by atoms with Gasteiger partial charge in [0.05, 0.1) is 25.9 Å². The number of hydrogen-bond donors (Lipinski definition) is 3. The largest absolute Gasteiger partial charge is 0.389 e. The Morgan fingerprint density at radius 2 is 1.81 bits per heavy atom. The highest BCUT2D eigenvalue weighted by molar-refractivity contribution is 5.88. The summed E-state index contributed by atoms with van der Waals surface area (Å²) in [5.41, 5.74) is 1.62. The van der Waals surface area contributed by atoms with Gasteiger partial charge in [0.15, 0.2) is 0 Å². The van der Waals surface area contributed by atoms with Gasteiger partial charge in [0.2, 0.25) is 5.91 Å². The number of benzene rings is 1. The predicted molar refractivity (Wildman–Crippen MR) is 82.6 cm³/mol. The first-order chi connectivity index (χ1) is 10.1. The van der Waals surface area contributed by atoms with Crippen molar-refractivity contribution in [2.24, 2.45) is 0 Å². The van der Waals surface area contributed by atoms with Gasteiger partial charge in [0, 0.05) is 31.5 Å². The molecular formula is C15H24N2O4.